The number of para-hydroxylation sites is 1. The third-order valence-electron chi connectivity index (χ3n) is 10.3. The molecule has 0 aliphatic carbocycles. The van der Waals surface area contributed by atoms with E-state index < -0.39 is 29.3 Å². The van der Waals surface area contributed by atoms with Crippen molar-refractivity contribution in [2.75, 3.05) is 49.9 Å². The minimum absolute atomic E-state index is 0.00658. The Kier molecular flexibility index (Phi) is 20.3. The Morgan fingerprint density at radius 2 is 1.60 bits per heavy atom. The van der Waals surface area contributed by atoms with E-state index in [0.717, 1.165) is 74.3 Å². The number of carbonyl (C=O) groups excluding carboxylic acids is 4. The number of amides is 3. The molecule has 1 aromatic carbocycles. The first-order valence-corrected chi connectivity index (χ1v) is 22.9. The van der Waals surface area contributed by atoms with E-state index >= 15 is 0 Å². The van der Waals surface area contributed by atoms with Crippen molar-refractivity contribution in [1.29, 1.82) is 0 Å². The van der Waals surface area contributed by atoms with Gasteiger partial charge in [-0.3, -0.25) is 14.3 Å². The highest BCUT2D eigenvalue weighted by Crippen LogP contribution is 2.25. The number of carbonyl (C=O) groups is 4. The second-order valence-corrected chi connectivity index (χ2v) is 18.2. The molecule has 3 heterocycles. The molecular weight excluding hydrogens is 805 g/mol. The van der Waals surface area contributed by atoms with Gasteiger partial charge in [-0.05, 0) is 118 Å². The van der Waals surface area contributed by atoms with Crippen LogP contribution in [0.25, 0.3) is 10.9 Å². The lowest BCUT2D eigenvalue weighted by molar-refractivity contribution is -0.157. The number of alkyl carbamates (subject to hydrolysis) is 1. The van der Waals surface area contributed by atoms with Gasteiger partial charge in [0.25, 0.3) is 0 Å². The number of aryl methyl sites for hydroxylation is 1. The van der Waals surface area contributed by atoms with E-state index in [1.165, 1.54) is 19.3 Å². The first-order valence-electron chi connectivity index (χ1n) is 22.9. The average molecular weight is 879 g/mol. The highest BCUT2D eigenvalue weighted by molar-refractivity contribution is 5.90. The molecule has 0 radical (unpaired) electrons. The van der Waals surface area contributed by atoms with Gasteiger partial charge in [-0.2, -0.15) is 4.98 Å². The highest BCUT2D eigenvalue weighted by Gasteiger charge is 2.29. The van der Waals surface area contributed by atoms with Crippen LogP contribution in [0.4, 0.5) is 16.6 Å². The lowest BCUT2D eigenvalue weighted by Gasteiger charge is -2.33. The average Bonchev–Trinajstić information content (AvgIpc) is 3.68. The quantitative estimate of drug-likeness (QED) is 0.0471. The topological polar surface area (TPSA) is 219 Å². The number of nitrogens with zero attached hydrogens (tertiary/aromatic N) is 6. The Hall–Kier alpha value is -5.10. The maximum atomic E-state index is 13.1. The van der Waals surface area contributed by atoms with E-state index in [1.54, 1.807) is 41.5 Å². The molecule has 350 valence electrons. The van der Waals surface area contributed by atoms with Gasteiger partial charge >= 0.3 is 12.1 Å². The fraction of sp³-hybridized carbons (Fsp3) is 0.689. The number of rotatable bonds is 25. The molecule has 0 bridgehead atoms. The van der Waals surface area contributed by atoms with Crippen molar-refractivity contribution in [1.82, 2.24) is 51.1 Å². The third kappa shape index (κ3) is 19.0. The first kappa shape index (κ1) is 50.5. The smallest absolute Gasteiger partial charge is 0.408 e. The molecule has 4 rings (SSSR count). The maximum absolute atomic E-state index is 13.1. The largest absolute Gasteiger partial charge is 0.458 e. The first-order chi connectivity index (χ1) is 30.0. The molecule has 2 aromatic heterocycles. The normalized spacial score (nSPS) is 14.5. The minimum atomic E-state index is -1.08. The summed E-state index contributed by atoms with van der Waals surface area (Å²) in [6.45, 7) is 20.3. The molecule has 1 saturated heterocycles. The van der Waals surface area contributed by atoms with Crippen LogP contribution in [-0.4, -0.2) is 122 Å². The monoisotopic (exact) mass is 879 g/mol. The van der Waals surface area contributed by atoms with Crippen LogP contribution in [0.2, 0.25) is 0 Å². The molecular formula is C45H74N12O6. The van der Waals surface area contributed by atoms with E-state index in [-0.39, 0.29) is 43.7 Å². The number of hydrogen-bond donors (Lipinski definition) is 6. The van der Waals surface area contributed by atoms with Crippen molar-refractivity contribution in [2.24, 2.45) is 0 Å². The third-order valence-corrected chi connectivity index (χ3v) is 10.3. The Labute approximate surface area is 373 Å². The van der Waals surface area contributed by atoms with Crippen LogP contribution >= 0.6 is 0 Å². The Morgan fingerprint density at radius 1 is 0.873 bits per heavy atom. The standard InChI is InChI=1S/C45H74N12O6/c1-9-15-32(10-2)47-25-13-23-46-24-14-27-57-31-34(54-55-57)30-49-42-51-36-17-12-11-16-35(36)40(53-42)50-33-21-28-56(29-22-33)39(59)20-26-48-38(58)19-18-37(41(60)62-44(3,4)5)52-43(61)63-45(6,7)8/h11-12,16-17,31-33,37,46-47H,9-10,13-15,18-30H2,1-8H3,(H,48,58)(H,52,61)(H2,49,50,51,53)/t32?,37-/m0/s1. The van der Waals surface area contributed by atoms with E-state index in [2.05, 4.69) is 56.1 Å². The molecule has 3 aromatic rings. The van der Waals surface area contributed by atoms with Crippen LogP contribution in [0.5, 0.6) is 0 Å². The second-order valence-electron chi connectivity index (χ2n) is 18.2. The predicted molar refractivity (Wildman–Crippen MR) is 245 cm³/mol. The van der Waals surface area contributed by atoms with E-state index in [1.807, 2.05) is 40.0 Å². The molecule has 0 spiro atoms. The van der Waals surface area contributed by atoms with Crippen LogP contribution in [0, 0.1) is 0 Å². The van der Waals surface area contributed by atoms with Gasteiger partial charge in [0.1, 0.15) is 28.8 Å². The lowest BCUT2D eigenvalue weighted by atomic mass is 10.0. The molecule has 18 heteroatoms. The molecule has 6 N–H and O–H groups in total. The Bertz CT molecular complexity index is 1890. The number of ether oxygens (including phenoxy) is 2. The zero-order valence-electron chi connectivity index (χ0n) is 39.0. The molecule has 63 heavy (non-hydrogen) atoms. The SMILES string of the molecule is CCCC(CC)NCCCNCCCn1cc(CNc2nc(NC3CCN(C(=O)CCNC(=O)CC[C@H](NC(=O)OC(C)(C)C)C(=O)OC(C)(C)C)CC3)c3ccccc3n2)nn1. The fourth-order valence-corrected chi connectivity index (χ4v) is 7.14. The summed E-state index contributed by atoms with van der Waals surface area (Å²) in [6.07, 6.45) is 8.43. The number of hydrogen-bond acceptors (Lipinski definition) is 14. The number of esters is 1. The van der Waals surface area contributed by atoms with Crippen molar-refractivity contribution in [2.45, 2.75) is 162 Å². The summed E-state index contributed by atoms with van der Waals surface area (Å²) in [4.78, 5) is 62.5. The minimum Gasteiger partial charge on any atom is -0.458 e. The fourth-order valence-electron chi connectivity index (χ4n) is 7.14. The zero-order chi connectivity index (χ0) is 45.8. The Morgan fingerprint density at radius 3 is 2.32 bits per heavy atom. The van der Waals surface area contributed by atoms with Gasteiger partial charge in [0, 0.05) is 56.5 Å². The predicted octanol–water partition coefficient (Wildman–Crippen LogP) is 5.30. The zero-order valence-corrected chi connectivity index (χ0v) is 39.0. The molecule has 3 amide bonds. The van der Waals surface area contributed by atoms with Gasteiger partial charge in [0.05, 0.1) is 18.3 Å². The molecule has 1 aliphatic rings. The number of fused-ring (bicyclic) bond motifs is 1. The molecule has 1 aliphatic heterocycles. The van der Waals surface area contributed by atoms with E-state index in [0.29, 0.717) is 31.6 Å². The molecule has 1 fully saturated rings. The molecule has 18 nitrogen and oxygen atoms in total. The van der Waals surface area contributed by atoms with Crippen molar-refractivity contribution in [3.8, 4) is 0 Å². The van der Waals surface area contributed by atoms with Crippen molar-refractivity contribution >= 4 is 46.5 Å². The van der Waals surface area contributed by atoms with E-state index in [9.17, 15) is 19.2 Å². The van der Waals surface area contributed by atoms with Gasteiger partial charge in [0.2, 0.25) is 17.8 Å². The van der Waals surface area contributed by atoms with Gasteiger partial charge in [-0.1, -0.05) is 37.6 Å². The summed E-state index contributed by atoms with van der Waals surface area (Å²) in [5.74, 6) is 0.157. The van der Waals surface area contributed by atoms with Gasteiger partial charge < -0.3 is 46.3 Å². The summed E-state index contributed by atoms with van der Waals surface area (Å²) < 4.78 is 12.6. The highest BCUT2D eigenvalue weighted by atomic mass is 16.6. The second kappa shape index (κ2) is 25.3. The van der Waals surface area contributed by atoms with Crippen molar-refractivity contribution < 1.29 is 28.7 Å². The number of piperidine rings is 1. The number of anilines is 2. The number of likely N-dealkylation sites (tertiary alicyclic amines) is 1. The van der Waals surface area contributed by atoms with E-state index in [4.69, 9.17) is 19.4 Å². The summed E-state index contributed by atoms with van der Waals surface area (Å²) in [5, 5.41) is 29.0. The summed E-state index contributed by atoms with van der Waals surface area (Å²) in [6, 6.07) is 7.52. The molecule has 0 saturated carbocycles. The number of aromatic nitrogens is 5. The number of nitrogens with one attached hydrogen (secondary N) is 6. The number of benzene rings is 1. The van der Waals surface area contributed by atoms with Crippen molar-refractivity contribution in [3.05, 3.63) is 36.2 Å². The summed E-state index contributed by atoms with van der Waals surface area (Å²) >= 11 is 0. The van der Waals surface area contributed by atoms with Crippen LogP contribution in [0.3, 0.4) is 0 Å². The maximum Gasteiger partial charge on any atom is 0.408 e. The van der Waals surface area contributed by atoms with Crippen molar-refractivity contribution in [3.63, 3.8) is 0 Å². The Balaban J connectivity index is 1.17. The van der Waals surface area contributed by atoms with Crippen LogP contribution in [0.1, 0.15) is 125 Å². The van der Waals surface area contributed by atoms with Gasteiger partial charge in [0.15, 0.2) is 0 Å². The van der Waals surface area contributed by atoms with Crippen LogP contribution < -0.4 is 31.9 Å². The summed E-state index contributed by atoms with van der Waals surface area (Å²) in [7, 11) is 0. The molecule has 1 unspecified atom stereocenters. The lowest BCUT2D eigenvalue weighted by Crippen LogP contribution is -2.46. The van der Waals surface area contributed by atoms with Gasteiger partial charge in [-0.15, -0.1) is 5.10 Å². The van der Waals surface area contributed by atoms with Gasteiger partial charge in [-0.25, -0.2) is 14.6 Å². The summed E-state index contributed by atoms with van der Waals surface area (Å²) in [5.41, 5.74) is 0.0652. The van der Waals surface area contributed by atoms with Crippen LogP contribution in [-0.2, 0) is 36.9 Å². The van der Waals surface area contributed by atoms with Crippen LogP contribution in [0.15, 0.2) is 30.5 Å². The molecule has 2 atom stereocenters.